The second-order valence-corrected chi connectivity index (χ2v) is 34.3. The highest BCUT2D eigenvalue weighted by Gasteiger charge is 2.53. The third-order valence-corrected chi connectivity index (χ3v) is 24.2. The van der Waals surface area contributed by atoms with Gasteiger partial charge in [0.2, 0.25) is 53.4 Å². The van der Waals surface area contributed by atoms with E-state index in [-0.39, 0.29) is 43.0 Å². The highest BCUT2D eigenvalue weighted by Crippen LogP contribution is 2.51. The lowest BCUT2D eigenvalue weighted by Crippen LogP contribution is -2.65. The summed E-state index contributed by atoms with van der Waals surface area (Å²) in [6.07, 6.45) is -34.4. The number of amides is 7. The number of aliphatic carboxylic acids is 1. The minimum absolute atomic E-state index is 0.0751. The number of alkyl halides is 3. The van der Waals surface area contributed by atoms with Gasteiger partial charge in [-0.15, -0.1) is 11.3 Å². The number of ether oxygens (including phenoxy) is 8. The molecule has 38 nitrogen and oxygen atoms in total. The molecule has 7 amide bonds. The number of carbonyl (C=O) groups excluding carboxylic acids is 7. The number of carbonyl (C=O) groups is 8. The Balaban J connectivity index is 0.952. The van der Waals surface area contributed by atoms with Crippen molar-refractivity contribution >= 4 is 81.9 Å². The Bertz CT molecular complexity index is 5350. The summed E-state index contributed by atoms with van der Waals surface area (Å²) in [5, 5.41) is 159. The first-order chi connectivity index (χ1) is 60.5. The lowest BCUT2D eigenvalue weighted by atomic mass is 9.86. The fourth-order valence-electron chi connectivity index (χ4n) is 15.8. The fourth-order valence-corrected chi connectivity index (χ4v) is 17.2. The zero-order valence-electron chi connectivity index (χ0n) is 68.3. The van der Waals surface area contributed by atoms with Gasteiger partial charge in [-0.3, -0.25) is 33.6 Å². The molecule has 5 unspecified atom stereocenters. The third-order valence-electron chi connectivity index (χ3n) is 22.5. The summed E-state index contributed by atoms with van der Waals surface area (Å²) in [5.41, 5.74) is 7.49. The number of likely N-dealkylation sites (N-methyl/N-ethyl adjacent to an activating group) is 1. The van der Waals surface area contributed by atoms with Crippen molar-refractivity contribution in [1.82, 2.24) is 42.5 Å². The van der Waals surface area contributed by atoms with Crippen molar-refractivity contribution in [2.45, 2.75) is 200 Å². The van der Waals surface area contributed by atoms with Gasteiger partial charge in [0.05, 0.1) is 46.9 Å². The second kappa shape index (κ2) is 38.9. The molecular weight excluding hydrogens is 1760 g/mol. The van der Waals surface area contributed by atoms with Crippen LogP contribution in [0.5, 0.6) is 46.0 Å². The van der Waals surface area contributed by atoms with Crippen LogP contribution in [0, 0.1) is 5.92 Å². The summed E-state index contributed by atoms with van der Waals surface area (Å²) in [4.78, 5) is 122. The van der Waals surface area contributed by atoms with E-state index in [0.29, 0.717) is 15.3 Å². The van der Waals surface area contributed by atoms with E-state index in [1.54, 1.807) is 26.0 Å². The Hall–Kier alpha value is -10.7. The number of aromatic hydroxyl groups is 3. The zero-order chi connectivity index (χ0) is 92.7. The van der Waals surface area contributed by atoms with Gasteiger partial charge in [0, 0.05) is 57.6 Å². The molecule has 0 spiro atoms. The molecule has 1 aromatic heterocycles. The van der Waals surface area contributed by atoms with Crippen LogP contribution in [0.15, 0.2) is 115 Å². The van der Waals surface area contributed by atoms with Gasteiger partial charge in [0.25, 0.3) is 0 Å². The van der Waals surface area contributed by atoms with Gasteiger partial charge >= 0.3 is 12.1 Å². The van der Waals surface area contributed by atoms with Gasteiger partial charge in [0.15, 0.2) is 30.1 Å². The van der Waals surface area contributed by atoms with E-state index in [1.807, 2.05) is 0 Å². The molecule has 128 heavy (non-hydrogen) atoms. The Morgan fingerprint density at radius 1 is 0.672 bits per heavy atom. The van der Waals surface area contributed by atoms with Crippen molar-refractivity contribution in [2.24, 2.45) is 17.4 Å². The molecule has 688 valence electrons. The molecule has 0 radical (unpaired) electrons. The second-order valence-electron chi connectivity index (χ2n) is 32.3. The maximum Gasteiger partial charge on any atom is 0.416 e. The van der Waals surface area contributed by atoms with Crippen LogP contribution in [0.1, 0.15) is 116 Å². The van der Waals surface area contributed by atoms with E-state index in [0.717, 1.165) is 78.9 Å². The molecule has 0 aliphatic carbocycles. The number of rotatable bonds is 20. The number of hydrogen-bond donors (Lipinski definition) is 22. The van der Waals surface area contributed by atoms with Gasteiger partial charge in [-0.2, -0.15) is 13.2 Å². The lowest BCUT2D eigenvalue weighted by molar-refractivity contribution is -0.350. The number of fused-ring (bicyclic) bond motifs is 15. The molecule has 3 saturated heterocycles. The van der Waals surface area contributed by atoms with Crippen LogP contribution in [0.2, 0.25) is 10.0 Å². The Kier molecular flexibility index (Phi) is 28.9. The van der Waals surface area contributed by atoms with Crippen molar-refractivity contribution < 1.29 is 151 Å². The summed E-state index contributed by atoms with van der Waals surface area (Å²) in [5.74, 6) is -17.0. The van der Waals surface area contributed by atoms with Crippen LogP contribution in [0.3, 0.4) is 0 Å². The monoisotopic (exact) mass is 1850 g/mol. The molecule has 8 aliphatic rings. The number of primary amides is 1. The Morgan fingerprint density at radius 2 is 1.30 bits per heavy atom. The van der Waals surface area contributed by atoms with Gasteiger partial charge < -0.3 is 153 Å². The maximum atomic E-state index is 16.4. The number of carboxylic acids is 1. The van der Waals surface area contributed by atoms with Gasteiger partial charge in [-0.25, -0.2) is 4.79 Å². The van der Waals surface area contributed by atoms with E-state index < -0.39 is 296 Å². The molecule has 23 atom stereocenters. The minimum Gasteiger partial charge on any atom is -0.508 e. The number of thiophene rings is 1. The van der Waals surface area contributed by atoms with Crippen molar-refractivity contribution in [3.8, 4) is 67.6 Å². The molecule has 44 heteroatoms. The van der Waals surface area contributed by atoms with Crippen molar-refractivity contribution in [3.05, 3.63) is 164 Å². The summed E-state index contributed by atoms with van der Waals surface area (Å²) in [6.45, 7) is 5.13. The molecule has 11 bridgehead atoms. The van der Waals surface area contributed by atoms with Crippen LogP contribution < -0.4 is 68.2 Å². The maximum absolute atomic E-state index is 16.4. The SMILES string of the molecule is CN[C@H](CC(C)C)C(=O)NC1C(=O)NC(CC(N)=O)C(=O)N[C@H]2C(=O)NC3C(=O)N[C@H](C(=O)NC(C(=O)O)c4cc(O)cc(O)c4-c4cc3ccc4O)[C@H](OC3C[C@](C)(N)[C@@H](O)[C@H](C)O3)c3ccc(c(Cl)c3)Oc3cc2cc(c3O[C@@H]2O[C@H](CO)[C@@H](O[C@@H]3O[C@H](CNCc4ccc(-c5ccc(C(F)(F)F)cc5)s4)[C@H](O)[C@H](O)[C@H]3O)[C@H](O)[C@H]2O)Oc2ccc(cc2Cl)[C@H]1O. The number of benzene rings is 6. The van der Waals surface area contributed by atoms with Crippen LogP contribution in [0.4, 0.5) is 13.2 Å². The van der Waals surface area contributed by atoms with E-state index in [2.05, 4.69) is 42.5 Å². The number of carboxylic acid groups (broad SMARTS) is 1. The Labute approximate surface area is 739 Å². The average Bonchev–Trinajstić information content (AvgIpc) is 0.827. The number of nitrogens with one attached hydrogen (secondary N) is 8. The van der Waals surface area contributed by atoms with Crippen molar-refractivity contribution in [3.63, 3.8) is 0 Å². The molecule has 24 N–H and O–H groups in total. The first kappa shape index (κ1) is 94.9. The smallest absolute Gasteiger partial charge is 0.416 e. The molecule has 8 aliphatic heterocycles. The number of phenols is 3. The lowest BCUT2D eigenvalue weighted by Gasteiger charge is -2.46. The highest BCUT2D eigenvalue weighted by atomic mass is 35.5. The van der Waals surface area contributed by atoms with Crippen molar-refractivity contribution in [2.75, 3.05) is 20.2 Å². The van der Waals surface area contributed by atoms with E-state index in [4.69, 9.17) is 72.6 Å². The van der Waals surface area contributed by atoms with Crippen LogP contribution in [0.25, 0.3) is 21.6 Å². The summed E-state index contributed by atoms with van der Waals surface area (Å²) in [7, 11) is 1.45. The predicted octanol–water partition coefficient (Wildman–Crippen LogP) is 2.48. The van der Waals surface area contributed by atoms with Crippen LogP contribution in [-0.4, -0.2) is 238 Å². The van der Waals surface area contributed by atoms with E-state index in [1.165, 1.54) is 56.5 Å². The standard InChI is InChI=1S/C84H93Cl2F3N10O28S/c1-31(2)18-45(92-5)74(112)98-62-64(105)35-9-15-49(43(85)20-35)121-51-22-37-23-52(71(51)126-82-69(110)67(108)72(54(30-100)124-82)127-81-68(109)66(107)65(106)53(123-81)29-93-28-40-13-17-55(128-40)33-6-11-38(12-7-33)84(87,88)89)122-50-16-10-36(21-44(50)86)70(125-57-27-83(4,91)73(111)32(3)120-57)63-79(117)97-61(80(118)119)42-24-39(101)25-48(103)58(42)41-19-34(8-14-47(41)102)59(76(114)99-63)96-77(115)60(37)95-75(113)46(26-56(90)104)94-78(62)116/h6-17,19-25,31-32,45-46,53-54,57,59-70,72-73,81-82,92-93,100-103,105-111H,18,26-30,91H2,1-5H3,(H2,90,104)(H,94,116)(H,95,113)(H,96,115)(H,97,117)(H,98,112)(H,99,114)(H,118,119)/t32-,45+,46?,53+,54+,57?,59?,60+,61?,62?,63-,64+,65-,66-,67+,68+,69+,70+,72+,73-,81-,82-,83-/m0/s1. The first-order valence-corrected chi connectivity index (χ1v) is 41.7. The average molecular weight is 1850 g/mol. The molecule has 15 rings (SSSR count). The Morgan fingerprint density at radius 3 is 1.92 bits per heavy atom. The third kappa shape index (κ3) is 20.6. The normalized spacial score (nSPS) is 29.5. The van der Waals surface area contributed by atoms with Crippen LogP contribution in [-0.2, 0) is 74.8 Å². The zero-order valence-corrected chi connectivity index (χ0v) is 70.7. The predicted molar refractivity (Wildman–Crippen MR) is 441 cm³/mol. The number of phenolic OH excluding ortho intramolecular Hbond substituents is 3. The topological polar surface area (TPSA) is 601 Å². The number of aliphatic hydroxyl groups is 8. The van der Waals surface area contributed by atoms with Gasteiger partial charge in [-0.1, -0.05) is 67.4 Å². The number of aliphatic hydroxyl groups excluding tert-OH is 8. The highest BCUT2D eigenvalue weighted by molar-refractivity contribution is 7.15. The van der Waals surface area contributed by atoms with Crippen LogP contribution >= 0.6 is 34.5 Å². The minimum atomic E-state index is -4.56. The molecule has 3 fully saturated rings. The van der Waals surface area contributed by atoms with Gasteiger partial charge in [0.1, 0.15) is 120 Å². The quantitative estimate of drug-likeness (QED) is 0.0521. The molecule has 9 heterocycles. The first-order valence-electron chi connectivity index (χ1n) is 40.1. The van der Waals surface area contributed by atoms with Gasteiger partial charge in [-0.05, 0) is 140 Å². The number of nitrogens with two attached hydrogens (primary N) is 2. The van der Waals surface area contributed by atoms with E-state index in [9.17, 15) is 88.8 Å². The molecule has 6 aromatic carbocycles. The summed E-state index contributed by atoms with van der Waals surface area (Å²) < 4.78 is 91.1. The summed E-state index contributed by atoms with van der Waals surface area (Å²) >= 11 is 15.7. The largest absolute Gasteiger partial charge is 0.508 e. The number of hydrogen-bond acceptors (Lipinski definition) is 31. The molecular formula is C84H93Cl2F3N10O28S. The fraction of sp³-hybridized carbons (Fsp3) is 0.429. The van der Waals surface area contributed by atoms with E-state index >= 15 is 24.0 Å². The number of halogens is 5. The molecule has 0 saturated carbocycles. The molecule has 7 aromatic rings. The van der Waals surface area contributed by atoms with Crippen molar-refractivity contribution in [1.29, 1.82) is 0 Å². The summed E-state index contributed by atoms with van der Waals surface area (Å²) in [6, 6.07) is 6.52.